The lowest BCUT2D eigenvalue weighted by molar-refractivity contribution is -0.127. The quantitative estimate of drug-likeness (QED) is 0.906. The average molecular weight is 296 g/mol. The topological polar surface area (TPSA) is 38.7 Å². The number of hydrogen-bond acceptors (Lipinski definition) is 3. The van der Waals surface area contributed by atoms with Crippen LogP contribution in [0.1, 0.15) is 38.2 Å². The van der Waals surface area contributed by atoms with Crippen molar-refractivity contribution in [1.82, 2.24) is 0 Å². The van der Waals surface area contributed by atoms with Gasteiger partial charge in [-0.1, -0.05) is 19.1 Å². The van der Waals surface area contributed by atoms with E-state index in [9.17, 15) is 9.50 Å². The van der Waals surface area contributed by atoms with Crippen LogP contribution in [0.25, 0.3) is 0 Å². The van der Waals surface area contributed by atoms with Crippen molar-refractivity contribution in [1.29, 1.82) is 0 Å². The predicted octanol–water partition coefficient (Wildman–Crippen LogP) is 3.33. The third-order valence-corrected chi connectivity index (χ3v) is 4.81. The summed E-state index contributed by atoms with van der Waals surface area (Å²) in [5.41, 5.74) is -0.0842. The van der Waals surface area contributed by atoms with Gasteiger partial charge in [0.25, 0.3) is 0 Å². The maximum atomic E-state index is 14.2. The number of hydrogen-bond donors (Lipinski definition) is 1. The van der Waals surface area contributed by atoms with Gasteiger partial charge in [-0.15, -0.1) is 0 Å². The second-order valence-electron chi connectivity index (χ2n) is 6.10. The van der Waals surface area contributed by atoms with Crippen molar-refractivity contribution >= 4 is 0 Å². The van der Waals surface area contributed by atoms with Crippen molar-refractivity contribution < 1.29 is 19.0 Å². The Morgan fingerprint density at radius 3 is 2.57 bits per heavy atom. The third-order valence-electron chi connectivity index (χ3n) is 4.81. The first kappa shape index (κ1) is 16.2. The summed E-state index contributed by atoms with van der Waals surface area (Å²) in [6.07, 6.45) is 3.23. The van der Waals surface area contributed by atoms with Crippen LogP contribution >= 0.6 is 0 Å². The summed E-state index contributed by atoms with van der Waals surface area (Å²) in [7, 11) is 3.08. The van der Waals surface area contributed by atoms with Gasteiger partial charge in [0.05, 0.1) is 18.8 Å². The zero-order valence-corrected chi connectivity index (χ0v) is 13.1. The van der Waals surface area contributed by atoms with E-state index in [0.29, 0.717) is 11.5 Å². The van der Waals surface area contributed by atoms with E-state index in [1.807, 2.05) is 0 Å². The molecule has 0 aromatic heterocycles. The van der Waals surface area contributed by atoms with Crippen molar-refractivity contribution in [3.63, 3.8) is 0 Å². The summed E-state index contributed by atoms with van der Waals surface area (Å²) in [6.45, 7) is 2.22. The molecule has 0 amide bonds. The lowest BCUT2D eigenvalue weighted by Gasteiger charge is -2.41. The van der Waals surface area contributed by atoms with Crippen LogP contribution in [0.3, 0.4) is 0 Å². The molecule has 4 heteroatoms. The number of benzene rings is 1. The Morgan fingerprint density at radius 1 is 1.33 bits per heavy atom. The van der Waals surface area contributed by atoms with Crippen molar-refractivity contribution in [3.8, 4) is 5.75 Å². The molecule has 21 heavy (non-hydrogen) atoms. The number of halogens is 1. The first-order chi connectivity index (χ1) is 10.0. The van der Waals surface area contributed by atoms with Crippen molar-refractivity contribution in [3.05, 3.63) is 29.6 Å². The maximum Gasteiger partial charge on any atom is 0.168 e. The van der Waals surface area contributed by atoms with Crippen molar-refractivity contribution in [2.75, 3.05) is 14.2 Å². The minimum Gasteiger partial charge on any atom is -0.494 e. The molecule has 0 saturated heterocycles. The molecule has 118 valence electrons. The van der Waals surface area contributed by atoms with Gasteiger partial charge in [0.1, 0.15) is 0 Å². The van der Waals surface area contributed by atoms with Crippen molar-refractivity contribution in [2.45, 2.75) is 50.7 Å². The Hall–Kier alpha value is -1.13. The smallest absolute Gasteiger partial charge is 0.168 e. The third kappa shape index (κ3) is 3.38. The number of aliphatic hydroxyl groups excluding tert-OH is 1. The monoisotopic (exact) mass is 296 g/mol. The Morgan fingerprint density at radius 2 is 2.00 bits per heavy atom. The lowest BCUT2D eigenvalue weighted by Crippen LogP contribution is -2.48. The number of rotatable bonds is 5. The molecular formula is C17H25FO3. The SMILES string of the molecule is COc1cccc(CC(O)C2(OC)CCC(C)CC2)c1F. The molecule has 2 rings (SSSR count). The van der Waals surface area contributed by atoms with Gasteiger partial charge >= 0.3 is 0 Å². The normalized spacial score (nSPS) is 27.4. The summed E-state index contributed by atoms with van der Waals surface area (Å²) < 4.78 is 24.9. The highest BCUT2D eigenvalue weighted by atomic mass is 19.1. The standard InChI is InChI=1S/C17H25FO3/c1-12-7-9-17(21-3,10-8-12)15(19)11-13-5-4-6-14(20-2)16(13)18/h4-6,12,15,19H,7-11H2,1-3H3. The number of ether oxygens (including phenoxy) is 2. The molecule has 1 aliphatic carbocycles. The first-order valence-electron chi connectivity index (χ1n) is 7.57. The fraction of sp³-hybridized carbons (Fsp3) is 0.647. The Bertz CT molecular complexity index is 467. The van der Waals surface area contributed by atoms with E-state index >= 15 is 0 Å². The molecule has 1 aromatic rings. The summed E-state index contributed by atoms with van der Waals surface area (Å²) in [5.74, 6) is 0.479. The Kier molecular flexibility index (Phi) is 5.22. The van der Waals surface area contributed by atoms with E-state index < -0.39 is 17.5 Å². The van der Waals surface area contributed by atoms with E-state index in [1.165, 1.54) is 7.11 Å². The fourth-order valence-electron chi connectivity index (χ4n) is 3.19. The molecule has 1 N–H and O–H groups in total. The molecule has 0 bridgehead atoms. The van der Waals surface area contributed by atoms with Gasteiger partial charge < -0.3 is 14.6 Å². The number of methoxy groups -OCH3 is 2. The average Bonchev–Trinajstić information content (AvgIpc) is 2.50. The molecule has 1 atom stereocenters. The molecular weight excluding hydrogens is 271 g/mol. The minimum atomic E-state index is -0.711. The zero-order chi connectivity index (χ0) is 15.5. The van der Waals surface area contributed by atoms with Crippen LogP contribution < -0.4 is 4.74 Å². The van der Waals surface area contributed by atoms with E-state index in [0.717, 1.165) is 25.7 Å². The fourth-order valence-corrected chi connectivity index (χ4v) is 3.19. The van der Waals surface area contributed by atoms with Crippen LogP contribution in [0.5, 0.6) is 5.75 Å². The Balaban J connectivity index is 2.14. The van der Waals surface area contributed by atoms with E-state index in [1.54, 1.807) is 25.3 Å². The van der Waals surface area contributed by atoms with E-state index in [-0.39, 0.29) is 12.2 Å². The maximum absolute atomic E-state index is 14.2. The van der Waals surface area contributed by atoms with Gasteiger partial charge in [0.15, 0.2) is 11.6 Å². The van der Waals surface area contributed by atoms with Crippen LogP contribution in [0.4, 0.5) is 4.39 Å². The minimum absolute atomic E-state index is 0.212. The van der Waals surface area contributed by atoms with E-state index in [4.69, 9.17) is 9.47 Å². The summed E-state index contributed by atoms with van der Waals surface area (Å²) in [5, 5.41) is 10.6. The van der Waals surface area contributed by atoms with Gasteiger partial charge in [0, 0.05) is 13.5 Å². The van der Waals surface area contributed by atoms with Crippen LogP contribution in [-0.2, 0) is 11.2 Å². The van der Waals surface area contributed by atoms with Gasteiger partial charge in [-0.2, -0.15) is 0 Å². The summed E-state index contributed by atoms with van der Waals surface area (Å²) in [6, 6.07) is 5.02. The first-order valence-corrected chi connectivity index (χ1v) is 7.57. The molecule has 1 saturated carbocycles. The molecule has 1 fully saturated rings. The molecule has 1 aliphatic rings. The molecule has 0 aliphatic heterocycles. The molecule has 1 unspecified atom stereocenters. The van der Waals surface area contributed by atoms with Gasteiger partial charge in [-0.25, -0.2) is 4.39 Å². The van der Waals surface area contributed by atoms with Crippen LogP contribution in [0.2, 0.25) is 0 Å². The largest absolute Gasteiger partial charge is 0.494 e. The van der Waals surface area contributed by atoms with Gasteiger partial charge in [-0.05, 0) is 43.2 Å². The zero-order valence-electron chi connectivity index (χ0n) is 13.1. The summed E-state index contributed by atoms with van der Waals surface area (Å²) >= 11 is 0. The van der Waals surface area contributed by atoms with Crippen molar-refractivity contribution in [2.24, 2.45) is 5.92 Å². The lowest BCUT2D eigenvalue weighted by atomic mass is 9.75. The highest BCUT2D eigenvalue weighted by Crippen LogP contribution is 2.38. The Labute approximate surface area is 126 Å². The molecule has 0 heterocycles. The van der Waals surface area contributed by atoms with Gasteiger partial charge in [-0.3, -0.25) is 0 Å². The number of aliphatic hydroxyl groups is 1. The highest BCUT2D eigenvalue weighted by molar-refractivity contribution is 5.31. The molecule has 0 radical (unpaired) electrons. The second-order valence-corrected chi connectivity index (χ2v) is 6.10. The summed E-state index contributed by atoms with van der Waals surface area (Å²) in [4.78, 5) is 0. The van der Waals surface area contributed by atoms with E-state index in [2.05, 4.69) is 6.92 Å². The second kappa shape index (κ2) is 6.75. The van der Waals surface area contributed by atoms with Crippen LogP contribution in [0.15, 0.2) is 18.2 Å². The molecule has 0 spiro atoms. The van der Waals surface area contributed by atoms with Crippen LogP contribution in [-0.4, -0.2) is 31.0 Å². The highest BCUT2D eigenvalue weighted by Gasteiger charge is 2.41. The molecule has 3 nitrogen and oxygen atoms in total. The molecule has 1 aromatic carbocycles. The van der Waals surface area contributed by atoms with Crippen LogP contribution in [0, 0.1) is 11.7 Å². The van der Waals surface area contributed by atoms with Gasteiger partial charge in [0.2, 0.25) is 0 Å². The predicted molar refractivity (Wildman–Crippen MR) is 80.0 cm³/mol.